The number of aryl methyl sites for hydroxylation is 2. The molecule has 1 fully saturated rings. The van der Waals surface area contributed by atoms with Crippen LogP contribution >= 0.6 is 0 Å². The molecule has 0 N–H and O–H groups in total. The predicted molar refractivity (Wildman–Crippen MR) is 107 cm³/mol. The summed E-state index contributed by atoms with van der Waals surface area (Å²) in [6.07, 6.45) is -3.04. The highest BCUT2D eigenvalue weighted by Gasteiger charge is 2.53. The molecule has 1 amide bonds. The monoisotopic (exact) mass is 430 g/mol. The molecule has 1 aliphatic heterocycles. The quantitative estimate of drug-likeness (QED) is 0.581. The number of hydrogen-bond donors (Lipinski definition) is 0. The van der Waals surface area contributed by atoms with Gasteiger partial charge in [-0.1, -0.05) is 35.0 Å². The highest BCUT2D eigenvalue weighted by Crippen LogP contribution is 2.48. The van der Waals surface area contributed by atoms with Crippen molar-refractivity contribution in [2.75, 3.05) is 4.90 Å². The first-order valence-electron chi connectivity index (χ1n) is 10.2. The molecule has 3 aromatic rings. The molecule has 0 bridgehead atoms. The zero-order valence-electron chi connectivity index (χ0n) is 17.1. The van der Waals surface area contributed by atoms with Crippen molar-refractivity contribution in [1.82, 2.24) is 14.9 Å². The second-order valence-corrected chi connectivity index (χ2v) is 8.40. The molecule has 0 unspecified atom stereocenters. The Morgan fingerprint density at radius 2 is 1.84 bits per heavy atom. The van der Waals surface area contributed by atoms with Crippen molar-refractivity contribution in [3.05, 3.63) is 53.3 Å². The molecule has 1 aliphatic carbocycles. The van der Waals surface area contributed by atoms with E-state index in [1.54, 1.807) is 13.0 Å². The van der Waals surface area contributed by atoms with Crippen LogP contribution in [0, 0.1) is 19.8 Å². The van der Waals surface area contributed by atoms with Crippen LogP contribution in [0.1, 0.15) is 47.1 Å². The first-order valence-corrected chi connectivity index (χ1v) is 10.2. The number of alkyl halides is 3. The number of halogens is 3. The van der Waals surface area contributed by atoms with Crippen molar-refractivity contribution in [2.45, 2.75) is 51.4 Å². The van der Waals surface area contributed by atoms with E-state index in [0.717, 1.165) is 28.7 Å². The Kier molecular flexibility index (Phi) is 4.46. The first kappa shape index (κ1) is 19.8. The molecule has 162 valence electrons. The predicted octanol–water partition coefficient (Wildman–Crippen LogP) is 5.09. The third kappa shape index (κ3) is 3.51. The molecule has 0 saturated heterocycles. The van der Waals surface area contributed by atoms with Crippen LogP contribution in [0.25, 0.3) is 11.3 Å². The van der Waals surface area contributed by atoms with Crippen molar-refractivity contribution in [1.29, 1.82) is 0 Å². The van der Waals surface area contributed by atoms with Gasteiger partial charge in [-0.3, -0.25) is 9.69 Å². The number of rotatable bonds is 3. The van der Waals surface area contributed by atoms with Crippen molar-refractivity contribution < 1.29 is 22.5 Å². The fraction of sp³-hybridized carbons (Fsp3) is 0.409. The Labute approximate surface area is 176 Å². The summed E-state index contributed by atoms with van der Waals surface area (Å²) >= 11 is 0. The van der Waals surface area contributed by atoms with Gasteiger partial charge >= 0.3 is 6.18 Å². The molecule has 2 atom stereocenters. The lowest BCUT2D eigenvalue weighted by Crippen LogP contribution is -2.50. The van der Waals surface area contributed by atoms with Crippen LogP contribution < -0.4 is 4.90 Å². The fourth-order valence-corrected chi connectivity index (χ4v) is 4.28. The van der Waals surface area contributed by atoms with Crippen LogP contribution in [0.2, 0.25) is 0 Å². The number of anilines is 1. The number of fused-ring (bicyclic) bond motifs is 1. The van der Waals surface area contributed by atoms with E-state index in [9.17, 15) is 18.0 Å². The van der Waals surface area contributed by atoms with Gasteiger partial charge in [0.15, 0.2) is 17.5 Å². The van der Waals surface area contributed by atoms with Crippen LogP contribution in [0.3, 0.4) is 0 Å². The van der Waals surface area contributed by atoms with Gasteiger partial charge in [0.05, 0.1) is 5.69 Å². The van der Waals surface area contributed by atoms with E-state index < -0.39 is 24.2 Å². The summed E-state index contributed by atoms with van der Waals surface area (Å²) in [5.41, 5.74) is 2.35. The molecule has 9 heteroatoms. The lowest BCUT2D eigenvalue weighted by atomic mass is 9.97. The molecule has 2 aliphatic rings. The SMILES string of the molecule is Cc1ccc(-c2cc(C(=O)N3c4cc(C)nn4[C@@H](C(F)(F)F)C[C@H]3C3CC3)no2)cc1. The van der Waals surface area contributed by atoms with E-state index in [0.29, 0.717) is 11.5 Å². The van der Waals surface area contributed by atoms with Crippen LogP contribution in [-0.2, 0) is 0 Å². The topological polar surface area (TPSA) is 64.2 Å². The van der Waals surface area contributed by atoms with Gasteiger partial charge in [0.25, 0.3) is 5.91 Å². The van der Waals surface area contributed by atoms with Gasteiger partial charge in [0.1, 0.15) is 5.82 Å². The zero-order valence-corrected chi connectivity index (χ0v) is 17.1. The Morgan fingerprint density at radius 1 is 1.13 bits per heavy atom. The molecule has 1 saturated carbocycles. The summed E-state index contributed by atoms with van der Waals surface area (Å²) in [5, 5.41) is 7.99. The lowest BCUT2D eigenvalue weighted by Gasteiger charge is -2.40. The standard InChI is InChI=1S/C22H21F3N4O2/c1-12-3-5-15(6-4-12)18-10-16(27-31-18)21(30)28-17(14-7-8-14)11-19(22(23,24)25)29-20(28)9-13(2)26-29/h3-6,9-10,14,17,19H,7-8,11H2,1-2H3/t17-,19+/m0/s1. The fourth-order valence-electron chi connectivity index (χ4n) is 4.28. The minimum atomic E-state index is -4.44. The second kappa shape index (κ2) is 6.96. The average Bonchev–Trinajstić information content (AvgIpc) is 3.30. The molecule has 0 spiro atoms. The van der Waals surface area contributed by atoms with Crippen LogP contribution in [0.15, 0.2) is 40.9 Å². The van der Waals surface area contributed by atoms with Crippen LogP contribution in [0.4, 0.5) is 19.0 Å². The van der Waals surface area contributed by atoms with Crippen molar-refractivity contribution in [3.8, 4) is 11.3 Å². The van der Waals surface area contributed by atoms with Gasteiger partial charge in [-0.15, -0.1) is 0 Å². The smallest absolute Gasteiger partial charge is 0.355 e. The van der Waals surface area contributed by atoms with E-state index in [1.807, 2.05) is 31.2 Å². The Bertz CT molecular complexity index is 1130. The zero-order chi connectivity index (χ0) is 21.9. The Hall–Kier alpha value is -3.10. The third-order valence-electron chi connectivity index (χ3n) is 6.00. The van der Waals surface area contributed by atoms with Crippen LogP contribution in [-0.4, -0.2) is 33.1 Å². The molecule has 31 heavy (non-hydrogen) atoms. The number of carbonyl (C=O) groups excluding carboxylic acids is 1. The minimum absolute atomic E-state index is 0.0428. The minimum Gasteiger partial charge on any atom is -0.355 e. The van der Waals surface area contributed by atoms with Gasteiger partial charge in [-0.25, -0.2) is 4.68 Å². The summed E-state index contributed by atoms with van der Waals surface area (Å²) in [6, 6.07) is 8.35. The number of hydrogen-bond acceptors (Lipinski definition) is 4. The number of carbonyl (C=O) groups is 1. The lowest BCUT2D eigenvalue weighted by molar-refractivity contribution is -0.174. The maximum absolute atomic E-state index is 13.8. The van der Waals surface area contributed by atoms with Gasteiger partial charge in [-0.05, 0) is 39.0 Å². The second-order valence-electron chi connectivity index (χ2n) is 8.40. The molecule has 0 radical (unpaired) electrons. The van der Waals surface area contributed by atoms with E-state index in [2.05, 4.69) is 10.3 Å². The molecule has 1 aromatic carbocycles. The highest BCUT2D eigenvalue weighted by atomic mass is 19.4. The van der Waals surface area contributed by atoms with Crippen molar-refractivity contribution in [3.63, 3.8) is 0 Å². The van der Waals surface area contributed by atoms with Gasteiger partial charge in [0, 0.05) is 23.7 Å². The maximum Gasteiger partial charge on any atom is 0.410 e. The summed E-state index contributed by atoms with van der Waals surface area (Å²) in [5.74, 6) is 0.163. The molecular formula is C22H21F3N4O2. The highest BCUT2D eigenvalue weighted by molar-refractivity contribution is 6.05. The third-order valence-corrected chi connectivity index (χ3v) is 6.00. The molecule has 2 aromatic heterocycles. The summed E-state index contributed by atoms with van der Waals surface area (Å²) in [7, 11) is 0. The number of benzene rings is 1. The van der Waals surface area contributed by atoms with E-state index >= 15 is 0 Å². The van der Waals surface area contributed by atoms with E-state index in [4.69, 9.17) is 4.52 Å². The number of amides is 1. The number of nitrogens with zero attached hydrogens (tertiary/aromatic N) is 4. The van der Waals surface area contributed by atoms with Gasteiger partial charge < -0.3 is 4.52 Å². The Morgan fingerprint density at radius 3 is 2.48 bits per heavy atom. The Balaban J connectivity index is 1.53. The molecule has 5 rings (SSSR count). The summed E-state index contributed by atoms with van der Waals surface area (Å²) in [6.45, 7) is 3.59. The van der Waals surface area contributed by atoms with Crippen LogP contribution in [0.5, 0.6) is 0 Å². The van der Waals surface area contributed by atoms with E-state index in [1.165, 1.54) is 11.0 Å². The average molecular weight is 430 g/mol. The van der Waals surface area contributed by atoms with Gasteiger partial charge in [0.2, 0.25) is 0 Å². The largest absolute Gasteiger partial charge is 0.410 e. The molecule has 3 heterocycles. The first-order chi connectivity index (χ1) is 14.7. The van der Waals surface area contributed by atoms with Crippen molar-refractivity contribution >= 4 is 11.7 Å². The molecule has 6 nitrogen and oxygen atoms in total. The molecular weight excluding hydrogens is 409 g/mol. The maximum atomic E-state index is 13.8. The summed E-state index contributed by atoms with van der Waals surface area (Å²) < 4.78 is 47.6. The normalized spacial score (nSPS) is 21.3. The number of aromatic nitrogens is 3. The van der Waals surface area contributed by atoms with Gasteiger partial charge in [-0.2, -0.15) is 18.3 Å². The van der Waals surface area contributed by atoms with Crippen molar-refractivity contribution in [2.24, 2.45) is 5.92 Å². The van der Waals surface area contributed by atoms with E-state index in [-0.39, 0.29) is 23.9 Å². The summed E-state index contributed by atoms with van der Waals surface area (Å²) in [4.78, 5) is 14.9.